The molecule has 0 amide bonds. The van der Waals surface area contributed by atoms with Crippen LogP contribution in [0.15, 0.2) is 36.9 Å². The molecule has 0 aliphatic rings. The molecule has 0 radical (unpaired) electrons. The molecule has 0 spiro atoms. The smallest absolute Gasteiger partial charge is 0.330 e. The summed E-state index contributed by atoms with van der Waals surface area (Å²) in [5.74, 6) is -0.344. The summed E-state index contributed by atoms with van der Waals surface area (Å²) in [6.45, 7) is 3.93. The first kappa shape index (κ1) is 15.4. The average Bonchev–Trinajstić information content (AvgIpc) is 2.46. The maximum atomic E-state index is 10.8. The maximum absolute atomic E-state index is 10.8. The molecule has 3 nitrogen and oxygen atoms in total. The van der Waals surface area contributed by atoms with Gasteiger partial charge in [0.25, 0.3) is 0 Å². The number of hydrogen-bond donors (Lipinski definition) is 1. The lowest BCUT2D eigenvalue weighted by atomic mass is 10.0. The summed E-state index contributed by atoms with van der Waals surface area (Å²) in [7, 11) is 0. The average molecular weight is 262 g/mol. The van der Waals surface area contributed by atoms with Crippen LogP contribution in [0.25, 0.3) is 0 Å². The maximum Gasteiger partial charge on any atom is 0.330 e. The molecule has 0 unspecified atom stereocenters. The molecule has 0 saturated carbocycles. The van der Waals surface area contributed by atoms with Crippen molar-refractivity contribution < 1.29 is 14.6 Å². The molecule has 0 bridgehead atoms. The minimum absolute atomic E-state index is 0.101. The Morgan fingerprint density at radius 1 is 1.11 bits per heavy atom. The molecule has 1 N–H and O–H groups in total. The molecule has 1 aromatic rings. The van der Waals surface area contributed by atoms with Gasteiger partial charge in [0.05, 0.1) is 13.2 Å². The SMILES string of the molecule is C=CC(=O)OCCCCCCc1ccc(CO)cc1. The summed E-state index contributed by atoms with van der Waals surface area (Å²) in [6, 6.07) is 8.06. The number of aliphatic hydroxyl groups is 1. The highest BCUT2D eigenvalue weighted by molar-refractivity contribution is 5.81. The van der Waals surface area contributed by atoms with E-state index in [1.807, 2.05) is 12.1 Å². The number of ether oxygens (including phenoxy) is 1. The molecule has 104 valence electrons. The van der Waals surface area contributed by atoms with Crippen LogP contribution in [0.5, 0.6) is 0 Å². The van der Waals surface area contributed by atoms with Crippen molar-refractivity contribution in [2.45, 2.75) is 38.7 Å². The Morgan fingerprint density at radius 2 is 1.74 bits per heavy atom. The van der Waals surface area contributed by atoms with Crippen molar-refractivity contribution in [2.75, 3.05) is 6.61 Å². The van der Waals surface area contributed by atoms with Crippen LogP contribution in [0.2, 0.25) is 0 Å². The summed E-state index contributed by atoms with van der Waals surface area (Å²) < 4.78 is 4.90. The van der Waals surface area contributed by atoms with E-state index < -0.39 is 0 Å². The summed E-state index contributed by atoms with van der Waals surface area (Å²) >= 11 is 0. The molecule has 0 aromatic heterocycles. The minimum Gasteiger partial charge on any atom is -0.463 e. The highest BCUT2D eigenvalue weighted by Crippen LogP contribution is 2.10. The fourth-order valence-electron chi connectivity index (χ4n) is 1.83. The van der Waals surface area contributed by atoms with E-state index in [2.05, 4.69) is 18.7 Å². The van der Waals surface area contributed by atoms with Crippen LogP contribution in [0, 0.1) is 0 Å². The first-order valence-corrected chi connectivity index (χ1v) is 6.74. The predicted octanol–water partition coefficient (Wildman–Crippen LogP) is 3.01. The van der Waals surface area contributed by atoms with E-state index in [-0.39, 0.29) is 12.6 Å². The van der Waals surface area contributed by atoms with E-state index in [9.17, 15) is 4.79 Å². The summed E-state index contributed by atoms with van der Waals surface area (Å²) in [5, 5.41) is 8.94. The van der Waals surface area contributed by atoms with E-state index in [1.54, 1.807) is 0 Å². The van der Waals surface area contributed by atoms with Gasteiger partial charge < -0.3 is 9.84 Å². The van der Waals surface area contributed by atoms with Crippen LogP contribution in [0.4, 0.5) is 0 Å². The summed E-state index contributed by atoms with van der Waals surface area (Å²) in [4.78, 5) is 10.8. The van der Waals surface area contributed by atoms with Crippen molar-refractivity contribution in [3.05, 3.63) is 48.0 Å². The van der Waals surface area contributed by atoms with Crippen molar-refractivity contribution in [1.29, 1.82) is 0 Å². The van der Waals surface area contributed by atoms with Crippen LogP contribution in [0.3, 0.4) is 0 Å². The molecule has 1 aromatic carbocycles. The lowest BCUT2D eigenvalue weighted by Crippen LogP contribution is -2.01. The molecule has 3 heteroatoms. The number of aryl methyl sites for hydroxylation is 1. The third-order valence-corrected chi connectivity index (χ3v) is 2.98. The quantitative estimate of drug-likeness (QED) is 0.423. The first-order chi connectivity index (χ1) is 9.26. The van der Waals surface area contributed by atoms with Crippen molar-refractivity contribution in [3.63, 3.8) is 0 Å². The fourth-order valence-corrected chi connectivity index (χ4v) is 1.83. The Bertz CT molecular complexity index is 381. The van der Waals surface area contributed by atoms with Gasteiger partial charge in [-0.3, -0.25) is 0 Å². The van der Waals surface area contributed by atoms with Crippen LogP contribution < -0.4 is 0 Å². The van der Waals surface area contributed by atoms with E-state index in [0.717, 1.165) is 37.7 Å². The van der Waals surface area contributed by atoms with Crippen LogP contribution in [0.1, 0.15) is 36.8 Å². The van der Waals surface area contributed by atoms with E-state index in [4.69, 9.17) is 9.84 Å². The Kier molecular flexibility index (Phi) is 7.59. The van der Waals surface area contributed by atoms with Gasteiger partial charge >= 0.3 is 5.97 Å². The summed E-state index contributed by atoms with van der Waals surface area (Å²) in [5.41, 5.74) is 2.25. The number of esters is 1. The van der Waals surface area contributed by atoms with Gasteiger partial charge in [0.2, 0.25) is 0 Å². The van der Waals surface area contributed by atoms with Gasteiger partial charge in [-0.05, 0) is 30.4 Å². The molecule has 0 aliphatic heterocycles. The van der Waals surface area contributed by atoms with Crippen LogP contribution >= 0.6 is 0 Å². The van der Waals surface area contributed by atoms with Gasteiger partial charge in [-0.15, -0.1) is 0 Å². The van der Waals surface area contributed by atoms with Gasteiger partial charge in [-0.2, -0.15) is 0 Å². The Hall–Kier alpha value is -1.61. The highest BCUT2D eigenvalue weighted by Gasteiger charge is 1.97. The topological polar surface area (TPSA) is 46.5 Å². The summed E-state index contributed by atoms with van der Waals surface area (Å²) in [6.07, 6.45) is 6.48. The number of aliphatic hydroxyl groups excluding tert-OH is 1. The molecule has 0 aliphatic carbocycles. The second-order valence-corrected chi connectivity index (χ2v) is 4.51. The van der Waals surface area contributed by atoms with Crippen molar-refractivity contribution in [3.8, 4) is 0 Å². The molecule has 0 atom stereocenters. The zero-order valence-electron chi connectivity index (χ0n) is 11.3. The second kappa shape index (κ2) is 9.34. The Balaban J connectivity index is 2.04. The molecule has 19 heavy (non-hydrogen) atoms. The van der Waals surface area contributed by atoms with Gasteiger partial charge in [-0.1, -0.05) is 43.7 Å². The van der Waals surface area contributed by atoms with Gasteiger partial charge in [-0.25, -0.2) is 4.79 Å². The third-order valence-electron chi connectivity index (χ3n) is 2.98. The molecular formula is C16H22O3. The lowest BCUT2D eigenvalue weighted by Gasteiger charge is -2.04. The van der Waals surface area contributed by atoms with Crippen LogP contribution in [-0.2, 0) is 22.6 Å². The zero-order chi connectivity index (χ0) is 13.9. The fraction of sp³-hybridized carbons (Fsp3) is 0.438. The number of carbonyl (C=O) groups is 1. The lowest BCUT2D eigenvalue weighted by molar-refractivity contribution is -0.137. The van der Waals surface area contributed by atoms with Crippen LogP contribution in [-0.4, -0.2) is 17.7 Å². The number of benzene rings is 1. The van der Waals surface area contributed by atoms with Crippen molar-refractivity contribution in [2.24, 2.45) is 0 Å². The van der Waals surface area contributed by atoms with Gasteiger partial charge in [0, 0.05) is 6.08 Å². The number of unbranched alkanes of at least 4 members (excludes halogenated alkanes) is 3. The number of hydrogen-bond acceptors (Lipinski definition) is 3. The zero-order valence-corrected chi connectivity index (χ0v) is 11.3. The van der Waals surface area contributed by atoms with Gasteiger partial charge in [0.1, 0.15) is 0 Å². The standard InChI is InChI=1S/C16H22O3/c1-2-16(18)19-12-6-4-3-5-7-14-8-10-15(13-17)11-9-14/h2,8-11,17H,1,3-7,12-13H2. The second-order valence-electron chi connectivity index (χ2n) is 4.51. The third kappa shape index (κ3) is 6.77. The molecule has 0 heterocycles. The van der Waals surface area contributed by atoms with Gasteiger partial charge in [0.15, 0.2) is 0 Å². The molecular weight excluding hydrogens is 240 g/mol. The van der Waals surface area contributed by atoms with E-state index in [0.29, 0.717) is 6.61 Å². The largest absolute Gasteiger partial charge is 0.463 e. The molecule has 0 saturated heterocycles. The predicted molar refractivity (Wildman–Crippen MR) is 75.7 cm³/mol. The van der Waals surface area contributed by atoms with Crippen molar-refractivity contribution in [1.82, 2.24) is 0 Å². The minimum atomic E-state index is -0.344. The van der Waals surface area contributed by atoms with E-state index >= 15 is 0 Å². The monoisotopic (exact) mass is 262 g/mol. The highest BCUT2D eigenvalue weighted by atomic mass is 16.5. The Morgan fingerprint density at radius 3 is 2.37 bits per heavy atom. The van der Waals surface area contributed by atoms with Crippen molar-refractivity contribution >= 4 is 5.97 Å². The molecule has 1 rings (SSSR count). The Labute approximate surface area is 114 Å². The molecule has 0 fully saturated rings. The number of carbonyl (C=O) groups excluding carboxylic acids is 1. The first-order valence-electron chi connectivity index (χ1n) is 6.74. The normalized spacial score (nSPS) is 10.2. The number of rotatable bonds is 9. The van der Waals surface area contributed by atoms with E-state index in [1.165, 1.54) is 11.6 Å².